The predicted octanol–water partition coefficient (Wildman–Crippen LogP) is 2.18. The number of thiazole rings is 1. The van der Waals surface area contributed by atoms with E-state index in [2.05, 4.69) is 15.2 Å². The Bertz CT molecular complexity index is 536. The van der Waals surface area contributed by atoms with Gasteiger partial charge in [0.2, 0.25) is 5.91 Å². The number of nitrogens with one attached hydrogen (secondary N) is 1. The lowest BCUT2D eigenvalue weighted by molar-refractivity contribution is -0.140. The van der Waals surface area contributed by atoms with Crippen LogP contribution in [0.2, 0.25) is 0 Å². The number of rotatable bonds is 5. The summed E-state index contributed by atoms with van der Waals surface area (Å²) in [5.74, 6) is 0.836. The van der Waals surface area contributed by atoms with Crippen LogP contribution in [-0.4, -0.2) is 47.1 Å². The lowest BCUT2D eigenvalue weighted by Crippen LogP contribution is -2.45. The molecule has 3 fully saturated rings. The monoisotopic (exact) mass is 335 g/mol. The van der Waals surface area contributed by atoms with E-state index < -0.39 is 0 Å². The average molecular weight is 335 g/mol. The van der Waals surface area contributed by atoms with Crippen molar-refractivity contribution in [2.75, 3.05) is 19.6 Å². The van der Waals surface area contributed by atoms with Crippen molar-refractivity contribution in [3.05, 3.63) is 16.6 Å². The zero-order chi connectivity index (χ0) is 15.7. The third kappa shape index (κ3) is 3.75. The molecule has 0 bridgehead atoms. The van der Waals surface area contributed by atoms with Crippen LogP contribution in [0.4, 0.5) is 0 Å². The maximum Gasteiger partial charge on any atom is 0.249 e. The minimum Gasteiger partial charge on any atom is -0.362 e. The third-order valence-electron chi connectivity index (χ3n) is 5.42. The first-order valence-electron chi connectivity index (χ1n) is 8.79. The second-order valence-corrected chi connectivity index (χ2v) is 8.20. The summed E-state index contributed by atoms with van der Waals surface area (Å²) < 4.78 is 6.24. The Labute approximate surface area is 141 Å². The topological polar surface area (TPSA) is 54.5 Å². The van der Waals surface area contributed by atoms with Crippen LogP contribution in [0.15, 0.2) is 11.6 Å². The fourth-order valence-corrected chi connectivity index (χ4v) is 4.35. The highest BCUT2D eigenvalue weighted by Gasteiger charge is 2.44. The minimum atomic E-state index is -0.223. The Kier molecular flexibility index (Phi) is 4.39. The third-order valence-corrected chi connectivity index (χ3v) is 6.18. The highest BCUT2D eigenvalue weighted by Crippen LogP contribution is 2.39. The van der Waals surface area contributed by atoms with Crippen LogP contribution in [0.3, 0.4) is 0 Å². The molecule has 1 atom stereocenters. The van der Waals surface area contributed by atoms with E-state index in [9.17, 15) is 4.79 Å². The van der Waals surface area contributed by atoms with Crippen LogP contribution >= 0.6 is 11.3 Å². The number of piperidine rings is 1. The van der Waals surface area contributed by atoms with Gasteiger partial charge in [-0.05, 0) is 44.4 Å². The van der Waals surface area contributed by atoms with Crippen molar-refractivity contribution >= 4 is 17.2 Å². The van der Waals surface area contributed by atoms with Gasteiger partial charge in [0.05, 0.1) is 12.1 Å². The van der Waals surface area contributed by atoms with E-state index in [1.807, 2.05) is 11.6 Å². The van der Waals surface area contributed by atoms with E-state index in [0.717, 1.165) is 57.8 Å². The first-order valence-corrected chi connectivity index (χ1v) is 9.67. The Morgan fingerprint density at radius 3 is 2.87 bits per heavy atom. The lowest BCUT2D eigenvalue weighted by Gasteiger charge is -2.38. The fraction of sp³-hybridized carbons (Fsp3) is 0.765. The number of carbonyl (C=O) groups is 1. The predicted molar refractivity (Wildman–Crippen MR) is 89.2 cm³/mol. The molecule has 0 aromatic carbocycles. The smallest absolute Gasteiger partial charge is 0.249 e. The molecule has 1 amide bonds. The summed E-state index contributed by atoms with van der Waals surface area (Å²) in [5, 5.41) is 6.28. The molecule has 23 heavy (non-hydrogen) atoms. The minimum absolute atomic E-state index is 0.0546. The van der Waals surface area contributed by atoms with Crippen molar-refractivity contribution in [2.24, 2.45) is 5.92 Å². The van der Waals surface area contributed by atoms with Crippen LogP contribution in [0.1, 0.15) is 43.5 Å². The van der Waals surface area contributed by atoms with Crippen LogP contribution in [0.25, 0.3) is 0 Å². The second kappa shape index (κ2) is 6.49. The molecule has 1 saturated carbocycles. The van der Waals surface area contributed by atoms with Crippen molar-refractivity contribution < 1.29 is 9.53 Å². The van der Waals surface area contributed by atoms with Gasteiger partial charge in [-0.15, -0.1) is 11.3 Å². The number of likely N-dealkylation sites (tertiary alicyclic amines) is 1. The fourth-order valence-electron chi connectivity index (χ4n) is 3.69. The summed E-state index contributed by atoms with van der Waals surface area (Å²) in [5.41, 5.74) is -0.0546. The van der Waals surface area contributed by atoms with Crippen LogP contribution < -0.4 is 5.32 Å². The van der Waals surface area contributed by atoms with Gasteiger partial charge in [-0.25, -0.2) is 4.98 Å². The number of carbonyl (C=O) groups excluding carboxylic acids is 1. The van der Waals surface area contributed by atoms with E-state index in [0.29, 0.717) is 0 Å². The molecule has 6 heteroatoms. The van der Waals surface area contributed by atoms with E-state index in [1.54, 1.807) is 11.3 Å². The van der Waals surface area contributed by atoms with Gasteiger partial charge in [-0.2, -0.15) is 0 Å². The van der Waals surface area contributed by atoms with Gasteiger partial charge in [0.1, 0.15) is 11.1 Å². The molecule has 2 aliphatic heterocycles. The molecule has 0 unspecified atom stereocenters. The number of aromatic nitrogens is 1. The number of ether oxygens (including phenoxy) is 1. The summed E-state index contributed by atoms with van der Waals surface area (Å²) >= 11 is 1.72. The van der Waals surface area contributed by atoms with E-state index in [1.165, 1.54) is 17.8 Å². The normalized spacial score (nSPS) is 27.4. The maximum atomic E-state index is 12.2. The summed E-state index contributed by atoms with van der Waals surface area (Å²) in [6, 6.07) is 0. The molecular formula is C17H25N3O2S. The van der Waals surface area contributed by atoms with Gasteiger partial charge in [0, 0.05) is 31.2 Å². The molecule has 3 heterocycles. The van der Waals surface area contributed by atoms with E-state index >= 15 is 0 Å². The Morgan fingerprint density at radius 1 is 1.35 bits per heavy atom. The highest BCUT2D eigenvalue weighted by molar-refractivity contribution is 7.09. The van der Waals surface area contributed by atoms with E-state index in [4.69, 9.17) is 4.74 Å². The second-order valence-electron chi connectivity index (χ2n) is 7.22. The molecule has 2 saturated heterocycles. The first-order chi connectivity index (χ1) is 11.2. The van der Waals surface area contributed by atoms with Gasteiger partial charge >= 0.3 is 0 Å². The summed E-state index contributed by atoms with van der Waals surface area (Å²) in [4.78, 5) is 19.0. The largest absolute Gasteiger partial charge is 0.362 e. The zero-order valence-electron chi connectivity index (χ0n) is 13.5. The SMILES string of the molecule is O=C(NCC1CC1)[C@H]1CCC2(CCN(Cc3nccs3)CC2)O1. The summed E-state index contributed by atoms with van der Waals surface area (Å²) in [6.45, 7) is 3.86. The quantitative estimate of drug-likeness (QED) is 0.896. The van der Waals surface area contributed by atoms with Crippen molar-refractivity contribution in [3.8, 4) is 0 Å². The lowest BCUT2D eigenvalue weighted by atomic mass is 9.88. The summed E-state index contributed by atoms with van der Waals surface area (Å²) in [6.07, 6.45) is 8.16. The van der Waals surface area contributed by atoms with Crippen molar-refractivity contribution in [1.29, 1.82) is 0 Å². The Hall–Kier alpha value is -0.980. The van der Waals surface area contributed by atoms with Gasteiger partial charge in [-0.3, -0.25) is 9.69 Å². The first kappa shape index (κ1) is 15.5. The number of amides is 1. The molecule has 1 aromatic heterocycles. The molecule has 1 aromatic rings. The van der Waals surface area contributed by atoms with E-state index in [-0.39, 0.29) is 17.6 Å². The molecule has 3 aliphatic rings. The number of hydrogen-bond donors (Lipinski definition) is 1. The highest BCUT2D eigenvalue weighted by atomic mass is 32.1. The van der Waals surface area contributed by atoms with Crippen LogP contribution in [0, 0.1) is 5.92 Å². The van der Waals surface area contributed by atoms with Crippen molar-refractivity contribution in [3.63, 3.8) is 0 Å². The Morgan fingerprint density at radius 2 is 2.17 bits per heavy atom. The summed E-state index contributed by atoms with van der Waals surface area (Å²) in [7, 11) is 0. The van der Waals surface area contributed by atoms with Gasteiger partial charge in [0.25, 0.3) is 0 Å². The molecule has 1 N–H and O–H groups in total. The van der Waals surface area contributed by atoms with Gasteiger partial charge in [0.15, 0.2) is 0 Å². The van der Waals surface area contributed by atoms with Crippen LogP contribution in [0.5, 0.6) is 0 Å². The zero-order valence-corrected chi connectivity index (χ0v) is 14.3. The number of nitrogens with zero attached hydrogens (tertiary/aromatic N) is 2. The molecule has 1 spiro atoms. The molecule has 126 valence electrons. The van der Waals surface area contributed by atoms with Gasteiger partial charge in [-0.1, -0.05) is 0 Å². The molecule has 0 radical (unpaired) electrons. The Balaban J connectivity index is 1.25. The molecule has 1 aliphatic carbocycles. The van der Waals surface area contributed by atoms with Crippen molar-refractivity contribution in [1.82, 2.24) is 15.2 Å². The standard InChI is InChI=1S/C17H25N3O2S/c21-16(19-11-13-1-2-13)14-3-4-17(22-14)5-8-20(9-6-17)12-15-18-7-10-23-15/h7,10,13-14H,1-6,8-9,11-12H2,(H,19,21)/t14-/m1/s1. The average Bonchev–Trinajstić information content (AvgIpc) is 3.08. The van der Waals surface area contributed by atoms with Gasteiger partial charge < -0.3 is 10.1 Å². The molecule has 5 nitrogen and oxygen atoms in total. The maximum absolute atomic E-state index is 12.2. The molecule has 4 rings (SSSR count). The number of hydrogen-bond acceptors (Lipinski definition) is 5. The van der Waals surface area contributed by atoms with Crippen molar-refractivity contribution in [2.45, 2.75) is 56.8 Å². The van der Waals surface area contributed by atoms with Crippen LogP contribution in [-0.2, 0) is 16.1 Å². The molecular weight excluding hydrogens is 310 g/mol.